The molecular formula is C9H7ClO4S. The monoisotopic (exact) mass is 246 g/mol. The van der Waals surface area contributed by atoms with E-state index in [0.717, 1.165) is 18.4 Å². The molecule has 80 valence electrons. The fraction of sp³-hybridized carbons (Fsp3) is 0.222. The number of Topliss-reactive ketones (excluding diaryl/α,β-unsaturated/α-hetero) is 2. The fourth-order valence-electron chi connectivity index (χ4n) is 0.883. The first-order chi connectivity index (χ1) is 7.04. The molecule has 0 saturated carbocycles. The zero-order valence-corrected chi connectivity index (χ0v) is 9.35. The molecule has 6 heteroatoms. The van der Waals surface area contributed by atoms with Crippen molar-refractivity contribution in [3.63, 3.8) is 0 Å². The number of thiophene rings is 1. The molecular weight excluding hydrogens is 240 g/mol. The Kier molecular flexibility index (Phi) is 3.99. The lowest BCUT2D eigenvalue weighted by Crippen LogP contribution is -2.18. The van der Waals surface area contributed by atoms with E-state index in [4.69, 9.17) is 11.6 Å². The highest BCUT2D eigenvalue weighted by Gasteiger charge is 2.20. The smallest absolute Gasteiger partial charge is 0.374 e. The maximum absolute atomic E-state index is 11.4. The van der Waals surface area contributed by atoms with E-state index in [1.54, 1.807) is 6.07 Å². The van der Waals surface area contributed by atoms with E-state index in [0.29, 0.717) is 9.21 Å². The molecule has 1 heterocycles. The summed E-state index contributed by atoms with van der Waals surface area (Å²) in [5, 5.41) is 0. The standard InChI is InChI=1S/C9H7ClO4S/c1-14-9(13)6(12)4-5(11)7-2-3-8(10)15-7/h2-3H,4H2,1H3. The number of carbonyl (C=O) groups is 3. The van der Waals surface area contributed by atoms with E-state index in [-0.39, 0.29) is 0 Å². The predicted molar refractivity (Wildman–Crippen MR) is 55.3 cm³/mol. The van der Waals surface area contributed by atoms with Gasteiger partial charge in [-0.15, -0.1) is 11.3 Å². The van der Waals surface area contributed by atoms with Crippen LogP contribution >= 0.6 is 22.9 Å². The number of esters is 1. The second kappa shape index (κ2) is 5.04. The van der Waals surface area contributed by atoms with Crippen molar-refractivity contribution >= 4 is 40.5 Å². The van der Waals surface area contributed by atoms with Gasteiger partial charge in [0.05, 0.1) is 22.7 Å². The number of ether oxygens (including phenoxy) is 1. The van der Waals surface area contributed by atoms with Crippen LogP contribution in [-0.2, 0) is 14.3 Å². The Labute approximate surface area is 94.8 Å². The molecule has 1 rings (SSSR count). The summed E-state index contributed by atoms with van der Waals surface area (Å²) in [5.41, 5.74) is 0. The van der Waals surface area contributed by atoms with E-state index in [9.17, 15) is 14.4 Å². The van der Waals surface area contributed by atoms with E-state index in [2.05, 4.69) is 4.74 Å². The zero-order chi connectivity index (χ0) is 11.4. The summed E-state index contributed by atoms with van der Waals surface area (Å²) in [5.74, 6) is -2.29. The van der Waals surface area contributed by atoms with Crippen molar-refractivity contribution in [2.75, 3.05) is 7.11 Å². The summed E-state index contributed by atoms with van der Waals surface area (Å²) in [6, 6.07) is 3.07. The number of hydrogen-bond acceptors (Lipinski definition) is 5. The van der Waals surface area contributed by atoms with E-state index in [1.165, 1.54) is 6.07 Å². The molecule has 0 aliphatic rings. The number of carbonyl (C=O) groups excluding carboxylic acids is 3. The highest BCUT2D eigenvalue weighted by atomic mass is 35.5. The molecule has 0 N–H and O–H groups in total. The maximum atomic E-state index is 11.4. The van der Waals surface area contributed by atoms with Crippen LogP contribution < -0.4 is 0 Å². The van der Waals surface area contributed by atoms with Gasteiger partial charge >= 0.3 is 5.97 Å². The Bertz CT molecular complexity index is 410. The van der Waals surface area contributed by atoms with Crippen molar-refractivity contribution < 1.29 is 19.1 Å². The van der Waals surface area contributed by atoms with Gasteiger partial charge in [0.1, 0.15) is 0 Å². The van der Waals surface area contributed by atoms with Crippen LogP contribution in [0.3, 0.4) is 0 Å². The number of halogens is 1. The predicted octanol–water partition coefficient (Wildman–Crippen LogP) is 1.72. The lowest BCUT2D eigenvalue weighted by Gasteiger charge is -1.96. The van der Waals surface area contributed by atoms with Gasteiger partial charge in [-0.3, -0.25) is 9.59 Å². The van der Waals surface area contributed by atoms with Crippen molar-refractivity contribution in [3.05, 3.63) is 21.3 Å². The summed E-state index contributed by atoms with van der Waals surface area (Å²) in [6.45, 7) is 0. The Morgan fingerprint density at radius 2 is 2.07 bits per heavy atom. The third-order valence-electron chi connectivity index (χ3n) is 1.58. The van der Waals surface area contributed by atoms with Gasteiger partial charge in [0.25, 0.3) is 0 Å². The van der Waals surface area contributed by atoms with Gasteiger partial charge in [-0.1, -0.05) is 11.6 Å². The van der Waals surface area contributed by atoms with E-state index < -0.39 is 24.0 Å². The largest absolute Gasteiger partial charge is 0.463 e. The molecule has 0 aromatic carbocycles. The summed E-state index contributed by atoms with van der Waals surface area (Å²) in [4.78, 5) is 33.5. The minimum Gasteiger partial charge on any atom is -0.463 e. The van der Waals surface area contributed by atoms with Crippen molar-refractivity contribution in [1.29, 1.82) is 0 Å². The highest BCUT2D eigenvalue weighted by molar-refractivity contribution is 7.18. The van der Waals surface area contributed by atoms with Crippen molar-refractivity contribution in [2.24, 2.45) is 0 Å². The number of hydrogen-bond donors (Lipinski definition) is 0. The van der Waals surface area contributed by atoms with Crippen LogP contribution in [0.15, 0.2) is 12.1 Å². The molecule has 0 fully saturated rings. The molecule has 0 aliphatic carbocycles. The van der Waals surface area contributed by atoms with Gasteiger partial charge in [0, 0.05) is 0 Å². The summed E-state index contributed by atoms with van der Waals surface area (Å²) < 4.78 is 4.65. The second-order valence-corrected chi connectivity index (χ2v) is 4.33. The first-order valence-electron chi connectivity index (χ1n) is 3.94. The third-order valence-corrected chi connectivity index (χ3v) is 2.85. The fourth-order valence-corrected chi connectivity index (χ4v) is 1.86. The van der Waals surface area contributed by atoms with E-state index >= 15 is 0 Å². The topological polar surface area (TPSA) is 60.4 Å². The lowest BCUT2D eigenvalue weighted by atomic mass is 10.2. The second-order valence-electron chi connectivity index (χ2n) is 2.62. The lowest BCUT2D eigenvalue weighted by molar-refractivity contribution is -0.151. The SMILES string of the molecule is COC(=O)C(=O)CC(=O)c1ccc(Cl)s1. The maximum Gasteiger partial charge on any atom is 0.374 e. The molecule has 15 heavy (non-hydrogen) atoms. The Hall–Kier alpha value is -1.20. The van der Waals surface area contributed by atoms with E-state index in [1.807, 2.05) is 0 Å². The number of ketones is 2. The average Bonchev–Trinajstić information content (AvgIpc) is 2.63. The van der Waals surface area contributed by atoms with Gasteiger partial charge < -0.3 is 4.74 Å². The number of methoxy groups -OCH3 is 1. The summed E-state index contributed by atoms with van der Waals surface area (Å²) >= 11 is 6.69. The average molecular weight is 247 g/mol. The minimum absolute atomic E-state index is 0.359. The van der Waals surface area contributed by atoms with Gasteiger partial charge in [-0.05, 0) is 12.1 Å². The van der Waals surface area contributed by atoms with Gasteiger partial charge in [-0.2, -0.15) is 0 Å². The third kappa shape index (κ3) is 3.14. The molecule has 0 atom stereocenters. The molecule has 0 bridgehead atoms. The zero-order valence-electron chi connectivity index (χ0n) is 7.78. The van der Waals surface area contributed by atoms with Crippen molar-refractivity contribution in [3.8, 4) is 0 Å². The molecule has 0 unspecified atom stereocenters. The Morgan fingerprint density at radius 3 is 2.53 bits per heavy atom. The van der Waals surface area contributed by atoms with Crippen LogP contribution in [0.5, 0.6) is 0 Å². The quantitative estimate of drug-likeness (QED) is 0.351. The van der Waals surface area contributed by atoms with Crippen LogP contribution in [0.4, 0.5) is 0 Å². The van der Waals surface area contributed by atoms with Crippen molar-refractivity contribution in [2.45, 2.75) is 6.42 Å². The molecule has 1 aromatic heterocycles. The molecule has 0 aliphatic heterocycles. The summed E-state index contributed by atoms with van der Waals surface area (Å²) in [6.07, 6.45) is -0.483. The van der Waals surface area contributed by atoms with Crippen LogP contribution in [0.2, 0.25) is 4.34 Å². The van der Waals surface area contributed by atoms with Crippen LogP contribution in [0.25, 0.3) is 0 Å². The first kappa shape index (κ1) is 11.9. The minimum atomic E-state index is -1.01. The Balaban J connectivity index is 2.64. The highest BCUT2D eigenvalue weighted by Crippen LogP contribution is 2.22. The number of rotatable bonds is 4. The first-order valence-corrected chi connectivity index (χ1v) is 5.13. The van der Waals surface area contributed by atoms with Crippen LogP contribution in [-0.4, -0.2) is 24.6 Å². The summed E-state index contributed by atoms with van der Waals surface area (Å²) in [7, 11) is 1.09. The van der Waals surface area contributed by atoms with Crippen LogP contribution in [0.1, 0.15) is 16.1 Å². The molecule has 1 aromatic rings. The molecule has 0 radical (unpaired) electrons. The normalized spacial score (nSPS) is 9.73. The molecule has 0 amide bonds. The molecule has 0 spiro atoms. The van der Waals surface area contributed by atoms with Crippen LogP contribution in [0, 0.1) is 0 Å². The van der Waals surface area contributed by atoms with Crippen molar-refractivity contribution in [1.82, 2.24) is 0 Å². The van der Waals surface area contributed by atoms with Gasteiger partial charge in [0.15, 0.2) is 5.78 Å². The molecule has 0 saturated heterocycles. The van der Waals surface area contributed by atoms with Gasteiger partial charge in [-0.25, -0.2) is 4.79 Å². The Morgan fingerprint density at radius 1 is 1.40 bits per heavy atom. The van der Waals surface area contributed by atoms with Gasteiger partial charge in [0.2, 0.25) is 5.78 Å². The molecule has 4 nitrogen and oxygen atoms in total.